The number of benzene rings is 2. The zero-order chi connectivity index (χ0) is 17.1. The number of nitrogens with zero attached hydrogens (tertiary/aromatic N) is 2. The third-order valence-electron chi connectivity index (χ3n) is 5.16. The summed E-state index contributed by atoms with van der Waals surface area (Å²) in [7, 11) is 0. The minimum absolute atomic E-state index is 0.447. The average molecular weight is 330 g/mol. The molecule has 0 aliphatic heterocycles. The van der Waals surface area contributed by atoms with Crippen LogP contribution < -0.4 is 0 Å². The van der Waals surface area contributed by atoms with Crippen LogP contribution in [0, 0.1) is 0 Å². The van der Waals surface area contributed by atoms with Crippen molar-refractivity contribution in [1.82, 2.24) is 9.78 Å². The van der Waals surface area contributed by atoms with E-state index in [0.29, 0.717) is 5.69 Å². The number of carbonyl (C=O) groups excluding carboxylic acids is 1. The summed E-state index contributed by atoms with van der Waals surface area (Å²) in [5.41, 5.74) is 5.26. The molecule has 0 unspecified atom stereocenters. The zero-order valence-electron chi connectivity index (χ0n) is 14.3. The number of aromatic nitrogens is 2. The van der Waals surface area contributed by atoms with Crippen LogP contribution in [0.25, 0.3) is 16.8 Å². The monoisotopic (exact) mass is 330 g/mol. The van der Waals surface area contributed by atoms with E-state index in [1.807, 2.05) is 18.3 Å². The van der Waals surface area contributed by atoms with E-state index in [4.69, 9.17) is 0 Å². The molecule has 0 saturated heterocycles. The molecule has 0 atom stereocenters. The van der Waals surface area contributed by atoms with Crippen molar-refractivity contribution in [3.63, 3.8) is 0 Å². The van der Waals surface area contributed by atoms with E-state index in [2.05, 4.69) is 41.5 Å². The molecule has 126 valence electrons. The van der Waals surface area contributed by atoms with E-state index in [9.17, 15) is 4.79 Å². The predicted molar refractivity (Wildman–Crippen MR) is 100 cm³/mol. The van der Waals surface area contributed by atoms with Crippen LogP contribution >= 0.6 is 0 Å². The molecule has 1 aromatic heterocycles. The quantitative estimate of drug-likeness (QED) is 0.600. The minimum Gasteiger partial charge on any atom is -0.296 e. The molecule has 1 aliphatic rings. The van der Waals surface area contributed by atoms with Gasteiger partial charge >= 0.3 is 0 Å². The van der Waals surface area contributed by atoms with Gasteiger partial charge in [-0.25, -0.2) is 4.68 Å². The van der Waals surface area contributed by atoms with E-state index in [1.54, 1.807) is 10.7 Å². The third kappa shape index (κ3) is 3.41. The second-order valence-electron chi connectivity index (χ2n) is 6.81. The highest BCUT2D eigenvalue weighted by Gasteiger charge is 2.15. The molecule has 3 aromatic rings. The van der Waals surface area contributed by atoms with Crippen molar-refractivity contribution in [2.45, 2.75) is 38.0 Å². The van der Waals surface area contributed by atoms with Gasteiger partial charge in [0.1, 0.15) is 5.69 Å². The fourth-order valence-electron chi connectivity index (χ4n) is 3.76. The standard InChI is InChI=1S/C22H22N2O/c25-16-21-13-14-24(23-21)22-8-4-7-20(15-22)19-11-9-18(10-12-19)17-5-2-1-3-6-17/h4,7-17H,1-3,5-6H2. The van der Waals surface area contributed by atoms with Gasteiger partial charge in [-0.05, 0) is 53.6 Å². The molecule has 1 aliphatic carbocycles. The largest absolute Gasteiger partial charge is 0.296 e. The van der Waals surface area contributed by atoms with Gasteiger partial charge in [0.15, 0.2) is 6.29 Å². The van der Waals surface area contributed by atoms with Crippen molar-refractivity contribution in [3.05, 3.63) is 72.1 Å². The molecule has 3 nitrogen and oxygen atoms in total. The van der Waals surface area contributed by atoms with Crippen molar-refractivity contribution < 1.29 is 4.79 Å². The van der Waals surface area contributed by atoms with Gasteiger partial charge in [0.25, 0.3) is 0 Å². The maximum Gasteiger partial charge on any atom is 0.170 e. The first-order valence-electron chi connectivity index (χ1n) is 9.05. The van der Waals surface area contributed by atoms with Crippen LogP contribution in [0.2, 0.25) is 0 Å². The summed E-state index contributed by atoms with van der Waals surface area (Å²) >= 11 is 0. The minimum atomic E-state index is 0.447. The van der Waals surface area contributed by atoms with Crippen LogP contribution in [0.1, 0.15) is 54.1 Å². The maximum absolute atomic E-state index is 10.8. The topological polar surface area (TPSA) is 34.9 Å². The van der Waals surface area contributed by atoms with Gasteiger partial charge in [-0.15, -0.1) is 0 Å². The maximum atomic E-state index is 10.8. The predicted octanol–water partition coefficient (Wildman–Crippen LogP) is 5.40. The highest BCUT2D eigenvalue weighted by atomic mass is 16.1. The number of carbonyl (C=O) groups is 1. The van der Waals surface area contributed by atoms with E-state index in [1.165, 1.54) is 43.2 Å². The van der Waals surface area contributed by atoms with Gasteiger partial charge in [0.2, 0.25) is 0 Å². The lowest BCUT2D eigenvalue weighted by Gasteiger charge is -2.22. The van der Waals surface area contributed by atoms with E-state index < -0.39 is 0 Å². The Hall–Kier alpha value is -2.68. The molecule has 1 heterocycles. The van der Waals surface area contributed by atoms with Crippen LogP contribution in [-0.4, -0.2) is 16.1 Å². The Morgan fingerprint density at radius 2 is 1.72 bits per heavy atom. The molecule has 0 bridgehead atoms. The summed E-state index contributed by atoms with van der Waals surface area (Å²) in [5.74, 6) is 0.736. The van der Waals surface area contributed by atoms with Crippen LogP contribution in [0.15, 0.2) is 60.8 Å². The Morgan fingerprint density at radius 1 is 0.920 bits per heavy atom. The molecule has 25 heavy (non-hydrogen) atoms. The molecule has 2 aromatic carbocycles. The molecule has 0 amide bonds. The van der Waals surface area contributed by atoms with E-state index in [-0.39, 0.29) is 0 Å². The Balaban J connectivity index is 1.59. The van der Waals surface area contributed by atoms with E-state index in [0.717, 1.165) is 23.5 Å². The second-order valence-corrected chi connectivity index (χ2v) is 6.81. The van der Waals surface area contributed by atoms with E-state index >= 15 is 0 Å². The van der Waals surface area contributed by atoms with Crippen LogP contribution in [0.5, 0.6) is 0 Å². The molecule has 1 fully saturated rings. The Bertz CT molecular complexity index is 858. The summed E-state index contributed by atoms with van der Waals surface area (Å²) in [5, 5.41) is 4.26. The Labute approximate surface area is 148 Å². The summed E-state index contributed by atoms with van der Waals surface area (Å²) in [6.07, 6.45) is 9.35. The highest BCUT2D eigenvalue weighted by Crippen LogP contribution is 2.33. The highest BCUT2D eigenvalue weighted by molar-refractivity contribution is 5.71. The lowest BCUT2D eigenvalue weighted by Crippen LogP contribution is -2.04. The fraction of sp³-hybridized carbons (Fsp3) is 0.273. The Kier molecular flexibility index (Phi) is 4.47. The average Bonchev–Trinajstić information content (AvgIpc) is 3.18. The van der Waals surface area contributed by atoms with Gasteiger partial charge < -0.3 is 0 Å². The summed E-state index contributed by atoms with van der Waals surface area (Å²) in [6.45, 7) is 0. The third-order valence-corrected chi connectivity index (χ3v) is 5.16. The second kappa shape index (κ2) is 7.06. The lowest BCUT2D eigenvalue weighted by molar-refractivity contribution is 0.111. The van der Waals surface area contributed by atoms with Crippen LogP contribution in [-0.2, 0) is 0 Å². The van der Waals surface area contributed by atoms with Gasteiger partial charge in [-0.1, -0.05) is 55.7 Å². The van der Waals surface area contributed by atoms with Crippen molar-refractivity contribution >= 4 is 6.29 Å². The van der Waals surface area contributed by atoms with Crippen molar-refractivity contribution in [2.75, 3.05) is 0 Å². The Morgan fingerprint density at radius 3 is 2.44 bits per heavy atom. The zero-order valence-corrected chi connectivity index (χ0v) is 14.3. The van der Waals surface area contributed by atoms with Crippen molar-refractivity contribution in [2.24, 2.45) is 0 Å². The van der Waals surface area contributed by atoms with Crippen molar-refractivity contribution in [3.8, 4) is 16.8 Å². The molecular formula is C22H22N2O. The first-order valence-corrected chi connectivity index (χ1v) is 9.05. The molecule has 4 rings (SSSR count). The number of hydrogen-bond donors (Lipinski definition) is 0. The van der Waals surface area contributed by atoms with Crippen LogP contribution in [0.4, 0.5) is 0 Å². The number of rotatable bonds is 4. The lowest BCUT2D eigenvalue weighted by atomic mass is 9.84. The molecular weight excluding hydrogens is 308 g/mol. The van der Waals surface area contributed by atoms with Crippen molar-refractivity contribution in [1.29, 1.82) is 0 Å². The normalized spacial score (nSPS) is 15.2. The molecule has 3 heteroatoms. The molecule has 0 spiro atoms. The summed E-state index contributed by atoms with van der Waals surface area (Å²) in [6, 6.07) is 19.0. The summed E-state index contributed by atoms with van der Waals surface area (Å²) < 4.78 is 1.74. The first kappa shape index (κ1) is 15.8. The van der Waals surface area contributed by atoms with Gasteiger partial charge in [-0.2, -0.15) is 5.10 Å². The number of aldehydes is 1. The molecule has 0 radical (unpaired) electrons. The van der Waals surface area contributed by atoms with Gasteiger partial charge in [0.05, 0.1) is 5.69 Å². The summed E-state index contributed by atoms with van der Waals surface area (Å²) in [4.78, 5) is 10.8. The van der Waals surface area contributed by atoms with Gasteiger partial charge in [0, 0.05) is 6.20 Å². The van der Waals surface area contributed by atoms with Crippen LogP contribution in [0.3, 0.4) is 0 Å². The molecule has 1 saturated carbocycles. The fourth-order valence-corrected chi connectivity index (χ4v) is 3.76. The first-order chi connectivity index (χ1) is 12.3. The molecule has 0 N–H and O–H groups in total. The SMILES string of the molecule is O=Cc1ccn(-c2cccc(-c3ccc(C4CCCCC4)cc3)c2)n1. The van der Waals surface area contributed by atoms with Gasteiger partial charge in [-0.3, -0.25) is 4.79 Å². The number of hydrogen-bond acceptors (Lipinski definition) is 2. The smallest absolute Gasteiger partial charge is 0.170 e.